The predicted octanol–water partition coefficient (Wildman–Crippen LogP) is 2.93. The van der Waals surface area contributed by atoms with Crippen molar-refractivity contribution in [2.24, 2.45) is 0 Å². The second-order valence-electron chi connectivity index (χ2n) is 7.25. The molecule has 160 valence electrons. The van der Waals surface area contributed by atoms with Crippen molar-refractivity contribution in [2.45, 2.75) is 31.7 Å². The highest BCUT2D eigenvalue weighted by Gasteiger charge is 2.25. The molecule has 31 heavy (non-hydrogen) atoms. The average molecular weight is 420 g/mol. The molecule has 3 rings (SSSR count). The lowest BCUT2D eigenvalue weighted by Crippen LogP contribution is -2.46. The minimum Gasteiger partial charge on any atom is -0.508 e. The van der Waals surface area contributed by atoms with Crippen molar-refractivity contribution < 1.29 is 24.6 Å². The van der Waals surface area contributed by atoms with Crippen LogP contribution in [0.4, 0.5) is 0 Å². The predicted molar refractivity (Wildman–Crippen MR) is 115 cm³/mol. The SMILES string of the molecule is O=C(N[C@@H](Cc1ccc(O)cc1)C(=O)O)/C(NC(=O)c1ccccc1)=C1\C=CCCC1. The second-order valence-corrected chi connectivity index (χ2v) is 7.25. The minimum atomic E-state index is -1.20. The van der Waals surface area contributed by atoms with E-state index in [4.69, 9.17) is 0 Å². The molecule has 0 radical (unpaired) electrons. The highest BCUT2D eigenvalue weighted by atomic mass is 16.4. The lowest BCUT2D eigenvalue weighted by molar-refractivity contribution is -0.141. The van der Waals surface area contributed by atoms with E-state index in [-0.39, 0.29) is 17.9 Å². The maximum Gasteiger partial charge on any atom is 0.326 e. The van der Waals surface area contributed by atoms with Gasteiger partial charge in [0.15, 0.2) is 0 Å². The fourth-order valence-corrected chi connectivity index (χ4v) is 3.28. The number of phenolic OH excluding ortho intramolecular Hbond substituents is 1. The monoisotopic (exact) mass is 420 g/mol. The molecule has 2 aromatic carbocycles. The van der Waals surface area contributed by atoms with Gasteiger partial charge in [-0.05, 0) is 54.7 Å². The fraction of sp³-hybridized carbons (Fsp3) is 0.208. The van der Waals surface area contributed by atoms with E-state index in [1.807, 2.05) is 6.08 Å². The molecule has 0 bridgehead atoms. The summed E-state index contributed by atoms with van der Waals surface area (Å²) >= 11 is 0. The molecule has 0 aliphatic heterocycles. The van der Waals surface area contributed by atoms with E-state index < -0.39 is 23.8 Å². The minimum absolute atomic E-state index is 0.0342. The van der Waals surface area contributed by atoms with Crippen LogP contribution in [-0.2, 0) is 16.0 Å². The quantitative estimate of drug-likeness (QED) is 0.514. The third-order valence-corrected chi connectivity index (χ3v) is 4.94. The van der Waals surface area contributed by atoms with E-state index >= 15 is 0 Å². The maximum atomic E-state index is 13.0. The molecule has 0 saturated heterocycles. The number of nitrogens with one attached hydrogen (secondary N) is 2. The fourth-order valence-electron chi connectivity index (χ4n) is 3.28. The summed E-state index contributed by atoms with van der Waals surface area (Å²) in [5.74, 6) is -2.22. The second kappa shape index (κ2) is 10.2. The van der Waals surface area contributed by atoms with Crippen molar-refractivity contribution in [3.05, 3.63) is 89.1 Å². The summed E-state index contributed by atoms with van der Waals surface area (Å²) in [5.41, 5.74) is 1.75. The summed E-state index contributed by atoms with van der Waals surface area (Å²) in [6.07, 6.45) is 6.06. The van der Waals surface area contributed by atoms with E-state index in [1.165, 1.54) is 12.1 Å². The van der Waals surface area contributed by atoms with E-state index in [0.717, 1.165) is 12.8 Å². The van der Waals surface area contributed by atoms with Gasteiger partial charge >= 0.3 is 5.97 Å². The highest BCUT2D eigenvalue weighted by Crippen LogP contribution is 2.20. The third-order valence-electron chi connectivity index (χ3n) is 4.94. The molecule has 0 aromatic heterocycles. The summed E-state index contributed by atoms with van der Waals surface area (Å²) in [5, 5.41) is 24.2. The van der Waals surface area contributed by atoms with Gasteiger partial charge in [0.1, 0.15) is 17.5 Å². The number of allylic oxidation sites excluding steroid dienone is 3. The Hall–Kier alpha value is -3.87. The summed E-state index contributed by atoms with van der Waals surface area (Å²) in [7, 11) is 0. The van der Waals surface area contributed by atoms with Gasteiger partial charge in [-0.3, -0.25) is 9.59 Å². The number of aliphatic carboxylic acids is 1. The molecule has 2 aromatic rings. The van der Waals surface area contributed by atoms with Gasteiger partial charge in [-0.1, -0.05) is 42.5 Å². The third kappa shape index (κ3) is 6.05. The van der Waals surface area contributed by atoms with Gasteiger partial charge < -0.3 is 20.8 Å². The number of amides is 2. The molecule has 4 N–H and O–H groups in total. The van der Waals surface area contributed by atoms with E-state index in [2.05, 4.69) is 10.6 Å². The molecular weight excluding hydrogens is 396 g/mol. The normalized spacial score (nSPS) is 15.6. The van der Waals surface area contributed by atoms with Crippen LogP contribution in [0.5, 0.6) is 5.75 Å². The molecule has 2 amide bonds. The molecule has 0 heterocycles. The summed E-state index contributed by atoms with van der Waals surface area (Å²) in [6, 6.07) is 13.4. The number of benzene rings is 2. The molecule has 1 aliphatic rings. The van der Waals surface area contributed by atoms with E-state index in [1.54, 1.807) is 48.5 Å². The molecule has 1 atom stereocenters. The van der Waals surface area contributed by atoms with Crippen LogP contribution in [0.1, 0.15) is 35.2 Å². The number of phenols is 1. The zero-order valence-electron chi connectivity index (χ0n) is 16.9. The number of carbonyl (C=O) groups is 3. The number of hydrogen-bond donors (Lipinski definition) is 4. The first-order valence-electron chi connectivity index (χ1n) is 10.0. The highest BCUT2D eigenvalue weighted by molar-refractivity contribution is 6.04. The smallest absolute Gasteiger partial charge is 0.326 e. The molecule has 0 saturated carbocycles. The zero-order valence-corrected chi connectivity index (χ0v) is 16.9. The van der Waals surface area contributed by atoms with Crippen LogP contribution in [0.25, 0.3) is 0 Å². The molecule has 7 heteroatoms. The number of hydrogen-bond acceptors (Lipinski definition) is 4. The molecular formula is C24H24N2O5. The van der Waals surface area contributed by atoms with Gasteiger partial charge in [-0.25, -0.2) is 4.79 Å². The molecule has 0 unspecified atom stereocenters. The lowest BCUT2D eigenvalue weighted by atomic mass is 9.99. The van der Waals surface area contributed by atoms with Gasteiger partial charge in [0.05, 0.1) is 0 Å². The molecule has 0 fully saturated rings. The number of carboxylic acid groups (broad SMARTS) is 1. The van der Waals surface area contributed by atoms with Crippen LogP contribution in [-0.4, -0.2) is 34.0 Å². The Kier molecular flexibility index (Phi) is 7.22. The van der Waals surface area contributed by atoms with Crippen LogP contribution < -0.4 is 10.6 Å². The Morgan fingerprint density at radius 1 is 1.00 bits per heavy atom. The standard InChI is InChI=1S/C24H24N2O5/c27-19-13-11-16(12-14-19)15-20(24(30)31)25-23(29)21(17-7-3-1-4-8-17)26-22(28)18-9-5-2-6-10-18/h2-3,5-7,9-14,20,27H,1,4,8,15H2,(H,25,29)(H,26,28)(H,30,31)/b21-17-/t20-/m0/s1. The van der Waals surface area contributed by atoms with Crippen molar-refractivity contribution in [3.63, 3.8) is 0 Å². The summed E-state index contributed by atoms with van der Waals surface area (Å²) in [6.45, 7) is 0. The topological polar surface area (TPSA) is 116 Å². The van der Waals surface area contributed by atoms with Crippen molar-refractivity contribution >= 4 is 17.8 Å². The lowest BCUT2D eigenvalue weighted by Gasteiger charge is -2.20. The van der Waals surface area contributed by atoms with Gasteiger partial charge in [0, 0.05) is 12.0 Å². The van der Waals surface area contributed by atoms with Crippen LogP contribution in [0.2, 0.25) is 0 Å². The van der Waals surface area contributed by atoms with Gasteiger partial charge in [-0.15, -0.1) is 0 Å². The number of rotatable bonds is 7. The Balaban J connectivity index is 1.82. The van der Waals surface area contributed by atoms with Crippen molar-refractivity contribution in [2.75, 3.05) is 0 Å². The van der Waals surface area contributed by atoms with Crippen LogP contribution in [0.3, 0.4) is 0 Å². The zero-order chi connectivity index (χ0) is 22.2. The first-order valence-corrected chi connectivity index (χ1v) is 10.0. The maximum absolute atomic E-state index is 13.0. The Morgan fingerprint density at radius 3 is 2.32 bits per heavy atom. The van der Waals surface area contributed by atoms with Crippen molar-refractivity contribution in [3.8, 4) is 5.75 Å². The van der Waals surface area contributed by atoms with Gasteiger partial charge in [-0.2, -0.15) is 0 Å². The Labute approximate surface area is 180 Å². The number of carboxylic acids is 1. The number of aromatic hydroxyl groups is 1. The van der Waals surface area contributed by atoms with Crippen LogP contribution in [0, 0.1) is 0 Å². The Bertz CT molecular complexity index is 1010. The average Bonchev–Trinajstić information content (AvgIpc) is 2.79. The molecule has 1 aliphatic carbocycles. The van der Waals surface area contributed by atoms with E-state index in [9.17, 15) is 24.6 Å². The van der Waals surface area contributed by atoms with Gasteiger partial charge in [0.2, 0.25) is 0 Å². The first-order chi connectivity index (χ1) is 14.9. The Morgan fingerprint density at radius 2 is 1.71 bits per heavy atom. The van der Waals surface area contributed by atoms with Crippen molar-refractivity contribution in [1.29, 1.82) is 0 Å². The largest absolute Gasteiger partial charge is 0.508 e. The van der Waals surface area contributed by atoms with Crippen LogP contribution >= 0.6 is 0 Å². The van der Waals surface area contributed by atoms with Gasteiger partial charge in [0.25, 0.3) is 11.8 Å². The number of carbonyl (C=O) groups excluding carboxylic acids is 2. The first kappa shape index (κ1) is 21.8. The van der Waals surface area contributed by atoms with Crippen molar-refractivity contribution in [1.82, 2.24) is 10.6 Å². The summed E-state index contributed by atoms with van der Waals surface area (Å²) in [4.78, 5) is 37.5. The molecule has 7 nitrogen and oxygen atoms in total. The van der Waals surface area contributed by atoms with Crippen LogP contribution in [0.15, 0.2) is 78.0 Å². The molecule has 0 spiro atoms. The summed E-state index contributed by atoms with van der Waals surface area (Å²) < 4.78 is 0. The van der Waals surface area contributed by atoms with E-state index in [0.29, 0.717) is 23.1 Å².